The van der Waals surface area contributed by atoms with Gasteiger partial charge in [0.1, 0.15) is 5.75 Å². The maximum absolute atomic E-state index is 12.2. The normalized spacial score (nSPS) is 10.4. The topological polar surface area (TPSA) is 50.4 Å². The minimum Gasteiger partial charge on any atom is -0.483 e. The van der Waals surface area contributed by atoms with E-state index in [9.17, 15) is 4.79 Å². The lowest BCUT2D eigenvalue weighted by Crippen LogP contribution is -2.20. The summed E-state index contributed by atoms with van der Waals surface area (Å²) in [6, 6.07) is 20.8. The summed E-state index contributed by atoms with van der Waals surface area (Å²) < 4.78 is 6.70. The van der Waals surface area contributed by atoms with Crippen molar-refractivity contribution >= 4 is 44.8 Å². The predicted octanol–water partition coefficient (Wildman–Crippen LogP) is 6.04. The minimum absolute atomic E-state index is 0.0660. The largest absolute Gasteiger partial charge is 0.483 e. The van der Waals surface area contributed by atoms with E-state index in [1.807, 2.05) is 73.7 Å². The molecule has 0 aliphatic heterocycles. The van der Waals surface area contributed by atoms with Crippen LogP contribution in [0.1, 0.15) is 11.1 Å². The van der Waals surface area contributed by atoms with Crippen molar-refractivity contribution in [2.24, 2.45) is 0 Å². The zero-order valence-corrected chi connectivity index (χ0v) is 17.7. The Labute approximate surface area is 178 Å². The van der Waals surface area contributed by atoms with Crippen LogP contribution in [-0.2, 0) is 11.3 Å². The molecular weight excluding hydrogens is 440 g/mol. The highest BCUT2D eigenvalue weighted by atomic mass is 79.9. The van der Waals surface area contributed by atoms with Crippen LogP contribution in [0.5, 0.6) is 5.75 Å². The summed E-state index contributed by atoms with van der Waals surface area (Å²) in [5.74, 6) is 0.451. The Morgan fingerprint density at radius 3 is 2.39 bits per heavy atom. The van der Waals surface area contributed by atoms with Gasteiger partial charge in [-0.25, -0.2) is 0 Å². The highest BCUT2D eigenvalue weighted by Crippen LogP contribution is 2.25. The second-order valence-corrected chi connectivity index (χ2v) is 7.67. The SMILES string of the molecule is Cc1ccc(NC(=O)COc2ccc(Br)cc2CNc2ccc(Cl)cc2)cc1. The summed E-state index contributed by atoms with van der Waals surface area (Å²) in [6.45, 7) is 2.49. The standard InChI is InChI=1S/C22H20BrClN2O2/c1-15-2-7-20(8-3-15)26-22(27)14-28-21-11-4-17(23)12-16(21)13-25-19-9-5-18(24)6-10-19/h2-12,25H,13-14H2,1H3,(H,26,27). The van der Waals surface area contributed by atoms with Gasteiger partial charge in [0, 0.05) is 33.0 Å². The zero-order chi connectivity index (χ0) is 19.9. The number of carbonyl (C=O) groups excluding carboxylic acids is 1. The van der Waals surface area contributed by atoms with Crippen molar-refractivity contribution in [2.75, 3.05) is 17.2 Å². The molecule has 0 bridgehead atoms. The van der Waals surface area contributed by atoms with Crippen LogP contribution in [0.4, 0.5) is 11.4 Å². The Bertz CT molecular complexity index is 944. The summed E-state index contributed by atoms with van der Waals surface area (Å²) >= 11 is 9.40. The van der Waals surface area contributed by atoms with Crippen LogP contribution in [-0.4, -0.2) is 12.5 Å². The fourth-order valence-electron chi connectivity index (χ4n) is 2.57. The van der Waals surface area contributed by atoms with Crippen LogP contribution < -0.4 is 15.4 Å². The van der Waals surface area contributed by atoms with Gasteiger partial charge in [-0.05, 0) is 61.5 Å². The first-order valence-electron chi connectivity index (χ1n) is 8.77. The predicted molar refractivity (Wildman–Crippen MR) is 118 cm³/mol. The van der Waals surface area contributed by atoms with Gasteiger partial charge in [-0.3, -0.25) is 4.79 Å². The number of benzene rings is 3. The molecule has 0 saturated heterocycles. The van der Waals surface area contributed by atoms with Gasteiger partial charge in [-0.15, -0.1) is 0 Å². The van der Waals surface area contributed by atoms with Gasteiger partial charge in [-0.2, -0.15) is 0 Å². The maximum Gasteiger partial charge on any atom is 0.262 e. The number of ether oxygens (including phenoxy) is 1. The third kappa shape index (κ3) is 6.01. The van der Waals surface area contributed by atoms with E-state index in [2.05, 4.69) is 26.6 Å². The average molecular weight is 460 g/mol. The monoisotopic (exact) mass is 458 g/mol. The number of amides is 1. The van der Waals surface area contributed by atoms with Crippen molar-refractivity contribution in [3.63, 3.8) is 0 Å². The van der Waals surface area contributed by atoms with Gasteiger partial charge in [0.2, 0.25) is 0 Å². The Morgan fingerprint density at radius 1 is 1.00 bits per heavy atom. The number of aryl methyl sites for hydroxylation is 1. The van der Waals surface area contributed by atoms with Crippen molar-refractivity contribution in [3.05, 3.63) is 87.4 Å². The lowest BCUT2D eigenvalue weighted by atomic mass is 10.2. The second-order valence-electron chi connectivity index (χ2n) is 6.32. The highest BCUT2D eigenvalue weighted by Gasteiger charge is 2.09. The summed E-state index contributed by atoms with van der Waals surface area (Å²) in [7, 11) is 0. The van der Waals surface area contributed by atoms with E-state index in [0.717, 1.165) is 27.0 Å². The highest BCUT2D eigenvalue weighted by molar-refractivity contribution is 9.10. The molecule has 2 N–H and O–H groups in total. The van der Waals surface area contributed by atoms with E-state index in [-0.39, 0.29) is 12.5 Å². The second kappa shape index (κ2) is 9.62. The molecule has 0 heterocycles. The molecule has 4 nitrogen and oxygen atoms in total. The van der Waals surface area contributed by atoms with E-state index >= 15 is 0 Å². The fourth-order valence-corrected chi connectivity index (χ4v) is 3.10. The molecule has 3 aromatic rings. The number of hydrogen-bond acceptors (Lipinski definition) is 3. The molecule has 0 unspecified atom stereocenters. The number of carbonyl (C=O) groups is 1. The third-order valence-corrected chi connectivity index (χ3v) is 4.79. The molecule has 0 aromatic heterocycles. The molecule has 0 saturated carbocycles. The van der Waals surface area contributed by atoms with Crippen molar-refractivity contribution < 1.29 is 9.53 Å². The minimum atomic E-state index is -0.205. The summed E-state index contributed by atoms with van der Waals surface area (Å²) in [5, 5.41) is 6.85. The molecule has 6 heteroatoms. The summed E-state index contributed by atoms with van der Waals surface area (Å²) in [5.41, 5.74) is 3.78. The van der Waals surface area contributed by atoms with Gasteiger partial charge >= 0.3 is 0 Å². The Hall–Kier alpha value is -2.50. The van der Waals surface area contributed by atoms with Crippen LogP contribution in [0.2, 0.25) is 5.02 Å². The lowest BCUT2D eigenvalue weighted by molar-refractivity contribution is -0.118. The lowest BCUT2D eigenvalue weighted by Gasteiger charge is -2.14. The van der Waals surface area contributed by atoms with Gasteiger partial charge in [0.25, 0.3) is 5.91 Å². The molecule has 3 rings (SSSR count). The Balaban J connectivity index is 1.60. The number of halogens is 2. The number of anilines is 2. The first kappa shape index (κ1) is 20.2. The fraction of sp³-hybridized carbons (Fsp3) is 0.136. The molecule has 1 amide bonds. The van der Waals surface area contributed by atoms with E-state index in [1.54, 1.807) is 0 Å². The van der Waals surface area contributed by atoms with Gasteiger partial charge in [0.05, 0.1) is 0 Å². The van der Waals surface area contributed by atoms with Crippen molar-refractivity contribution in [1.82, 2.24) is 0 Å². The number of nitrogens with one attached hydrogen (secondary N) is 2. The zero-order valence-electron chi connectivity index (χ0n) is 15.3. The van der Waals surface area contributed by atoms with Crippen molar-refractivity contribution in [1.29, 1.82) is 0 Å². The van der Waals surface area contributed by atoms with Crippen LogP contribution in [0.15, 0.2) is 71.2 Å². The maximum atomic E-state index is 12.2. The Kier molecular flexibility index (Phi) is 6.95. The van der Waals surface area contributed by atoms with Gasteiger partial charge in [0.15, 0.2) is 6.61 Å². The molecule has 0 aliphatic rings. The summed E-state index contributed by atoms with van der Waals surface area (Å²) in [4.78, 5) is 12.2. The average Bonchev–Trinajstić information content (AvgIpc) is 2.68. The van der Waals surface area contributed by atoms with Crippen LogP contribution >= 0.6 is 27.5 Å². The molecule has 0 spiro atoms. The molecular formula is C22H20BrClN2O2. The Morgan fingerprint density at radius 2 is 1.68 bits per heavy atom. The third-order valence-electron chi connectivity index (χ3n) is 4.04. The van der Waals surface area contributed by atoms with Crippen molar-refractivity contribution in [3.8, 4) is 5.75 Å². The molecule has 144 valence electrons. The molecule has 0 atom stereocenters. The molecule has 0 radical (unpaired) electrons. The quantitative estimate of drug-likeness (QED) is 0.453. The summed E-state index contributed by atoms with van der Waals surface area (Å²) in [6.07, 6.45) is 0. The van der Waals surface area contributed by atoms with E-state index < -0.39 is 0 Å². The number of hydrogen-bond donors (Lipinski definition) is 2. The van der Waals surface area contributed by atoms with Gasteiger partial charge in [-0.1, -0.05) is 45.2 Å². The van der Waals surface area contributed by atoms with E-state index in [4.69, 9.17) is 16.3 Å². The molecule has 0 fully saturated rings. The van der Waals surface area contributed by atoms with Crippen LogP contribution in [0.3, 0.4) is 0 Å². The molecule has 0 aliphatic carbocycles. The molecule has 3 aromatic carbocycles. The van der Waals surface area contributed by atoms with Crippen molar-refractivity contribution in [2.45, 2.75) is 13.5 Å². The first-order chi connectivity index (χ1) is 13.5. The van der Waals surface area contributed by atoms with E-state index in [1.165, 1.54) is 0 Å². The molecule has 28 heavy (non-hydrogen) atoms. The first-order valence-corrected chi connectivity index (χ1v) is 9.94. The van der Waals surface area contributed by atoms with Crippen LogP contribution in [0.25, 0.3) is 0 Å². The number of rotatable bonds is 7. The van der Waals surface area contributed by atoms with E-state index in [0.29, 0.717) is 17.3 Å². The van der Waals surface area contributed by atoms with Gasteiger partial charge < -0.3 is 15.4 Å². The van der Waals surface area contributed by atoms with Crippen LogP contribution in [0, 0.1) is 6.92 Å². The smallest absolute Gasteiger partial charge is 0.262 e.